The van der Waals surface area contributed by atoms with Crippen LogP contribution in [0.3, 0.4) is 0 Å². The molecule has 8 N–H and O–H groups in total. The maximum Gasteiger partial charge on any atom is 0.145 e. The Labute approximate surface area is 145 Å². The molecule has 128 valence electrons. The number of phenols is 2. The number of nitrogens with one attached hydrogen (secondary N) is 2. The molecule has 0 heterocycles. The zero-order chi connectivity index (χ0) is 18.0. The van der Waals surface area contributed by atoms with E-state index in [0.29, 0.717) is 28.3 Å². The second-order valence-electron chi connectivity index (χ2n) is 5.79. The summed E-state index contributed by atoms with van der Waals surface area (Å²) < 4.78 is 0. The first-order valence-corrected chi connectivity index (χ1v) is 7.74. The summed E-state index contributed by atoms with van der Waals surface area (Å²) in [6, 6.07) is 15.9. The molecule has 0 amide bonds. The van der Waals surface area contributed by atoms with E-state index in [-0.39, 0.29) is 11.5 Å². The number of rotatable bonds is 4. The van der Waals surface area contributed by atoms with Gasteiger partial charge in [-0.1, -0.05) is 0 Å². The summed E-state index contributed by atoms with van der Waals surface area (Å²) in [5.74, 6) is -0.0330. The summed E-state index contributed by atoms with van der Waals surface area (Å²) in [5.41, 5.74) is 15.5. The van der Waals surface area contributed by atoms with Crippen LogP contribution >= 0.6 is 0 Å². The smallest absolute Gasteiger partial charge is 0.145 e. The molecule has 0 spiro atoms. The van der Waals surface area contributed by atoms with Crippen molar-refractivity contribution in [2.45, 2.75) is 6.92 Å². The SMILES string of the molecule is Cc1c(O)c(Nc2ccc(N)cc2)cc(Nc2ccc(N)cc2)c1O. The van der Waals surface area contributed by atoms with Crippen LogP contribution in [-0.4, -0.2) is 10.2 Å². The highest BCUT2D eigenvalue weighted by Crippen LogP contribution is 2.42. The maximum atomic E-state index is 10.3. The molecule has 0 unspecified atom stereocenters. The van der Waals surface area contributed by atoms with Crippen molar-refractivity contribution in [3.8, 4) is 11.5 Å². The zero-order valence-electron chi connectivity index (χ0n) is 13.7. The van der Waals surface area contributed by atoms with Gasteiger partial charge in [0.2, 0.25) is 0 Å². The molecule has 0 aliphatic heterocycles. The number of hydrogen-bond donors (Lipinski definition) is 6. The van der Waals surface area contributed by atoms with Crippen LogP contribution < -0.4 is 22.1 Å². The van der Waals surface area contributed by atoms with E-state index in [1.54, 1.807) is 37.3 Å². The Balaban J connectivity index is 1.94. The van der Waals surface area contributed by atoms with Gasteiger partial charge in [0.15, 0.2) is 0 Å². The van der Waals surface area contributed by atoms with Crippen LogP contribution in [0.2, 0.25) is 0 Å². The van der Waals surface area contributed by atoms with Gasteiger partial charge in [-0.3, -0.25) is 0 Å². The Morgan fingerprint density at radius 2 is 1.04 bits per heavy atom. The van der Waals surface area contributed by atoms with Crippen LogP contribution in [0.25, 0.3) is 0 Å². The maximum absolute atomic E-state index is 10.3. The Hall–Kier alpha value is -3.54. The van der Waals surface area contributed by atoms with E-state index < -0.39 is 0 Å². The number of nitrogen functional groups attached to an aromatic ring is 2. The predicted octanol–water partition coefficient (Wildman–Crippen LogP) is 4.06. The first-order chi connectivity index (χ1) is 11.9. The summed E-state index contributed by atoms with van der Waals surface area (Å²) in [5, 5.41) is 26.9. The van der Waals surface area contributed by atoms with E-state index in [1.165, 1.54) is 0 Å². The highest BCUT2D eigenvalue weighted by Gasteiger charge is 2.14. The summed E-state index contributed by atoms with van der Waals surface area (Å²) >= 11 is 0. The van der Waals surface area contributed by atoms with Crippen LogP contribution in [-0.2, 0) is 0 Å². The normalized spacial score (nSPS) is 10.4. The first-order valence-electron chi connectivity index (χ1n) is 7.74. The van der Waals surface area contributed by atoms with E-state index in [2.05, 4.69) is 10.6 Å². The van der Waals surface area contributed by atoms with Gasteiger partial charge in [-0.25, -0.2) is 0 Å². The van der Waals surface area contributed by atoms with Crippen LogP contribution in [0.5, 0.6) is 11.5 Å². The molecule has 3 rings (SSSR count). The molecule has 25 heavy (non-hydrogen) atoms. The number of benzene rings is 3. The third-order valence-corrected chi connectivity index (χ3v) is 3.89. The molecular weight excluding hydrogens is 316 g/mol. The molecule has 0 aliphatic rings. The number of aromatic hydroxyl groups is 2. The fraction of sp³-hybridized carbons (Fsp3) is 0.0526. The minimum Gasteiger partial charge on any atom is -0.505 e. The Morgan fingerprint density at radius 1 is 0.680 bits per heavy atom. The number of nitrogens with two attached hydrogens (primary N) is 2. The Morgan fingerprint density at radius 3 is 1.40 bits per heavy atom. The molecular formula is C19H20N4O2. The van der Waals surface area contributed by atoms with Crippen LogP contribution in [0.1, 0.15) is 5.56 Å². The van der Waals surface area contributed by atoms with Crippen LogP contribution in [0.4, 0.5) is 34.1 Å². The van der Waals surface area contributed by atoms with E-state index >= 15 is 0 Å². The summed E-state index contributed by atoms with van der Waals surface area (Å²) in [6.45, 7) is 1.65. The predicted molar refractivity (Wildman–Crippen MR) is 103 cm³/mol. The van der Waals surface area contributed by atoms with Crippen LogP contribution in [0, 0.1) is 6.92 Å². The molecule has 6 nitrogen and oxygen atoms in total. The molecule has 0 aromatic heterocycles. The van der Waals surface area contributed by atoms with Crippen molar-refractivity contribution < 1.29 is 10.2 Å². The van der Waals surface area contributed by atoms with Crippen molar-refractivity contribution in [2.24, 2.45) is 0 Å². The monoisotopic (exact) mass is 336 g/mol. The highest BCUT2D eigenvalue weighted by molar-refractivity contribution is 5.80. The Kier molecular flexibility index (Phi) is 4.26. The third-order valence-electron chi connectivity index (χ3n) is 3.89. The van der Waals surface area contributed by atoms with Gasteiger partial charge in [-0.15, -0.1) is 0 Å². The van der Waals surface area contributed by atoms with E-state index in [4.69, 9.17) is 11.5 Å². The average Bonchev–Trinajstić information content (AvgIpc) is 2.61. The fourth-order valence-corrected chi connectivity index (χ4v) is 2.43. The first kappa shape index (κ1) is 16.3. The molecule has 3 aromatic carbocycles. The van der Waals surface area contributed by atoms with Gasteiger partial charge >= 0.3 is 0 Å². The van der Waals surface area contributed by atoms with Gasteiger partial charge in [0.1, 0.15) is 11.5 Å². The molecule has 0 atom stereocenters. The summed E-state index contributed by atoms with van der Waals surface area (Å²) in [7, 11) is 0. The molecule has 0 bridgehead atoms. The molecule has 0 radical (unpaired) electrons. The largest absolute Gasteiger partial charge is 0.505 e. The summed E-state index contributed by atoms with van der Waals surface area (Å²) in [4.78, 5) is 0. The Bertz CT molecular complexity index is 819. The number of hydrogen-bond acceptors (Lipinski definition) is 6. The van der Waals surface area contributed by atoms with Crippen molar-refractivity contribution in [3.63, 3.8) is 0 Å². The number of phenolic OH excluding ortho intramolecular Hbond substituents is 2. The van der Waals surface area contributed by atoms with Gasteiger partial charge in [-0.2, -0.15) is 0 Å². The molecule has 0 saturated carbocycles. The lowest BCUT2D eigenvalue weighted by atomic mass is 10.1. The minimum absolute atomic E-state index is 0.0165. The van der Waals surface area contributed by atoms with E-state index in [1.807, 2.05) is 24.3 Å². The van der Waals surface area contributed by atoms with Crippen molar-refractivity contribution in [3.05, 3.63) is 60.2 Å². The lowest BCUT2D eigenvalue weighted by molar-refractivity contribution is 0.446. The minimum atomic E-state index is -0.0165. The topological polar surface area (TPSA) is 117 Å². The second-order valence-corrected chi connectivity index (χ2v) is 5.79. The standard InChI is InChI=1S/C19H20N4O2/c1-11-18(24)16(22-14-6-2-12(20)3-7-14)10-17(19(11)25)23-15-8-4-13(21)5-9-15/h2-10,22-25H,20-21H2,1H3. The second kappa shape index (κ2) is 6.52. The van der Waals surface area contributed by atoms with Gasteiger partial charge in [0.05, 0.1) is 11.4 Å². The molecule has 0 fully saturated rings. The van der Waals surface area contributed by atoms with E-state index in [0.717, 1.165) is 11.4 Å². The van der Waals surface area contributed by atoms with Crippen molar-refractivity contribution >= 4 is 34.1 Å². The average molecular weight is 336 g/mol. The zero-order valence-corrected chi connectivity index (χ0v) is 13.7. The molecule has 0 saturated heterocycles. The van der Waals surface area contributed by atoms with Crippen molar-refractivity contribution in [1.82, 2.24) is 0 Å². The summed E-state index contributed by atoms with van der Waals surface area (Å²) in [6.07, 6.45) is 0. The molecule has 0 aliphatic carbocycles. The van der Waals surface area contributed by atoms with Crippen molar-refractivity contribution in [1.29, 1.82) is 0 Å². The van der Waals surface area contributed by atoms with Gasteiger partial charge in [0, 0.05) is 28.3 Å². The van der Waals surface area contributed by atoms with Crippen LogP contribution in [0.15, 0.2) is 54.6 Å². The van der Waals surface area contributed by atoms with Gasteiger partial charge in [0.25, 0.3) is 0 Å². The third kappa shape index (κ3) is 3.53. The van der Waals surface area contributed by atoms with E-state index in [9.17, 15) is 10.2 Å². The molecule has 6 heteroatoms. The highest BCUT2D eigenvalue weighted by atomic mass is 16.3. The lowest BCUT2D eigenvalue weighted by Crippen LogP contribution is -1.97. The quantitative estimate of drug-likeness (QED) is 0.243. The fourth-order valence-electron chi connectivity index (χ4n) is 2.43. The molecule has 3 aromatic rings. The number of anilines is 6. The van der Waals surface area contributed by atoms with Gasteiger partial charge < -0.3 is 32.3 Å². The van der Waals surface area contributed by atoms with Gasteiger partial charge in [-0.05, 0) is 61.5 Å². The van der Waals surface area contributed by atoms with Crippen molar-refractivity contribution in [2.75, 3.05) is 22.1 Å². The lowest BCUT2D eigenvalue weighted by Gasteiger charge is -2.16.